The molecular weight excluding hydrogens is 444 g/mol. The van der Waals surface area contributed by atoms with Crippen molar-refractivity contribution in [2.24, 2.45) is 0 Å². The smallest absolute Gasteiger partial charge is 0.289 e. The molecule has 0 aliphatic heterocycles. The Balaban J connectivity index is 1.91. The van der Waals surface area contributed by atoms with Crippen LogP contribution in [0.3, 0.4) is 0 Å². The summed E-state index contributed by atoms with van der Waals surface area (Å²) < 4.78 is 0. The Morgan fingerprint density at radius 1 is 0.629 bits per heavy atom. The van der Waals surface area contributed by atoms with Crippen molar-refractivity contribution in [2.75, 3.05) is 0 Å². The van der Waals surface area contributed by atoms with E-state index in [4.69, 9.17) is 19.6 Å². The fourth-order valence-corrected chi connectivity index (χ4v) is 3.35. The van der Waals surface area contributed by atoms with Crippen molar-refractivity contribution in [3.63, 3.8) is 0 Å². The van der Waals surface area contributed by atoms with E-state index >= 15 is 0 Å². The molecule has 0 spiro atoms. The van der Waals surface area contributed by atoms with Crippen LogP contribution in [0, 0.1) is 13.2 Å². The van der Waals surface area contributed by atoms with Crippen LogP contribution in [0.4, 0.5) is 0 Å². The average Bonchev–Trinajstić information content (AvgIpc) is 2.86. The normalized spacial score (nSPS) is 11.3. The number of benzene rings is 2. The zero-order valence-corrected chi connectivity index (χ0v) is 21.4. The van der Waals surface area contributed by atoms with Crippen LogP contribution in [-0.4, -0.2) is 11.9 Å². The van der Waals surface area contributed by atoms with Gasteiger partial charge in [-0.3, -0.25) is 9.78 Å². The lowest BCUT2D eigenvalue weighted by molar-refractivity contribution is -0.363. The van der Waals surface area contributed by atoms with Gasteiger partial charge in [-0.15, -0.1) is 9.78 Å². The van der Waals surface area contributed by atoms with Crippen LogP contribution in [0.25, 0.3) is 0 Å². The van der Waals surface area contributed by atoms with Crippen molar-refractivity contribution in [3.8, 4) is 0 Å². The second-order valence-corrected chi connectivity index (χ2v) is 9.20. The lowest BCUT2D eigenvalue weighted by Gasteiger charge is -2.14. The summed E-state index contributed by atoms with van der Waals surface area (Å²) in [6, 6.07) is 14.2. The summed E-state index contributed by atoms with van der Waals surface area (Å²) in [4.78, 5) is 45.0. The van der Waals surface area contributed by atoms with Crippen molar-refractivity contribution >= 4 is 11.9 Å². The van der Waals surface area contributed by atoms with E-state index in [2.05, 4.69) is 34.6 Å². The minimum absolute atomic E-state index is 0.0820. The van der Waals surface area contributed by atoms with Gasteiger partial charge in [-0.05, 0) is 53.6 Å². The van der Waals surface area contributed by atoms with E-state index in [1.54, 1.807) is 24.3 Å². The zero-order valence-electron chi connectivity index (χ0n) is 21.4. The summed E-state index contributed by atoms with van der Waals surface area (Å²) in [5.41, 5.74) is 2.93. The van der Waals surface area contributed by atoms with Gasteiger partial charge in [0.25, 0.3) is 0 Å². The van der Waals surface area contributed by atoms with Gasteiger partial charge in [0.1, 0.15) is 0 Å². The highest BCUT2D eigenvalue weighted by Gasteiger charge is 2.21. The number of hydrogen-bond donors (Lipinski definition) is 0. The molecule has 2 aromatic rings. The topological polar surface area (TPSA) is 71.1 Å². The van der Waals surface area contributed by atoms with Crippen molar-refractivity contribution < 1.29 is 29.1 Å². The maximum absolute atomic E-state index is 12.4. The highest BCUT2D eigenvalue weighted by molar-refractivity contribution is 5.89. The first-order valence-corrected chi connectivity index (χ1v) is 12.4. The Morgan fingerprint density at radius 3 is 1.43 bits per heavy atom. The van der Waals surface area contributed by atoms with Crippen molar-refractivity contribution in [1.82, 2.24) is 0 Å². The first kappa shape index (κ1) is 28.5. The summed E-state index contributed by atoms with van der Waals surface area (Å²) in [5.74, 6) is -0.607. The second kappa shape index (κ2) is 15.3. The Morgan fingerprint density at radius 2 is 1.03 bits per heavy atom. The van der Waals surface area contributed by atoms with Crippen molar-refractivity contribution in [2.45, 2.75) is 84.5 Å². The molecule has 6 nitrogen and oxygen atoms in total. The average molecular weight is 483 g/mol. The molecule has 2 radical (unpaired) electrons. The van der Waals surface area contributed by atoms with Gasteiger partial charge in [0.15, 0.2) is 0 Å². The minimum atomic E-state index is -0.660. The second-order valence-electron chi connectivity index (χ2n) is 9.20. The maximum atomic E-state index is 12.4. The molecule has 2 rings (SSSR count). The maximum Gasteiger partial charge on any atom is 0.373 e. The van der Waals surface area contributed by atoms with Crippen LogP contribution >= 0.6 is 0 Å². The summed E-state index contributed by atoms with van der Waals surface area (Å²) in [6.45, 7) is 12.2. The van der Waals surface area contributed by atoms with Gasteiger partial charge in [0.2, 0.25) is 0 Å². The third kappa shape index (κ3) is 10.2. The molecule has 0 N–H and O–H groups in total. The van der Waals surface area contributed by atoms with Gasteiger partial charge in [0, 0.05) is 6.42 Å². The summed E-state index contributed by atoms with van der Waals surface area (Å²) in [7, 11) is 0. The van der Waals surface area contributed by atoms with Gasteiger partial charge >= 0.3 is 18.2 Å². The third-order valence-electron chi connectivity index (χ3n) is 5.68. The summed E-state index contributed by atoms with van der Waals surface area (Å²) in [6.07, 6.45) is 6.07. The minimum Gasteiger partial charge on any atom is -0.289 e. The number of unbranched alkanes of at least 4 members (excludes halogenated alkanes) is 5. The van der Waals surface area contributed by atoms with Crippen LogP contribution in [-0.2, 0) is 19.6 Å². The number of carbonyl (C=O) groups is 2. The molecule has 0 aliphatic rings. The summed E-state index contributed by atoms with van der Waals surface area (Å²) >= 11 is 0. The summed E-state index contributed by atoms with van der Waals surface area (Å²) in [5, 5.41) is 0. The van der Waals surface area contributed by atoms with Crippen LogP contribution in [0.15, 0.2) is 48.5 Å². The van der Waals surface area contributed by atoms with E-state index in [1.807, 2.05) is 24.3 Å². The number of rotatable bonds is 15. The first-order valence-electron chi connectivity index (χ1n) is 12.4. The monoisotopic (exact) mass is 482 g/mol. The zero-order chi connectivity index (χ0) is 25.6. The fraction of sp³-hybridized carbons (Fsp3) is 0.448. The molecule has 0 fully saturated rings. The van der Waals surface area contributed by atoms with Crippen molar-refractivity contribution in [3.05, 3.63) is 84.0 Å². The predicted molar refractivity (Wildman–Crippen MR) is 135 cm³/mol. The van der Waals surface area contributed by atoms with E-state index in [9.17, 15) is 9.59 Å². The third-order valence-corrected chi connectivity index (χ3v) is 5.68. The number of hydrogen-bond acceptors (Lipinski definition) is 6. The fourth-order valence-electron chi connectivity index (χ4n) is 3.35. The van der Waals surface area contributed by atoms with E-state index in [0.717, 1.165) is 49.7 Å². The molecule has 0 aromatic heterocycles. The lowest BCUT2D eigenvalue weighted by Crippen LogP contribution is -2.16. The molecule has 6 heteroatoms. The first-order chi connectivity index (χ1) is 16.8. The molecular formula is C29H38O6. The largest absolute Gasteiger partial charge is 0.373 e. The standard InChI is InChI=1S/C29H38O6/c1-6-7-8-9-10-11-12-27(32-34-28(30)25-17-13-23(14-18-25)21(2)3)33-35-29(31)26-19-15-24(16-20-26)22(4)5/h13-22H,1,6-12H2,2-5H3. The Bertz CT molecular complexity index is 819. The molecule has 2 aromatic carbocycles. The molecule has 0 aliphatic carbocycles. The van der Waals surface area contributed by atoms with Crippen LogP contribution < -0.4 is 0 Å². The molecule has 0 heterocycles. The highest BCUT2D eigenvalue weighted by atomic mass is 17.3. The molecule has 190 valence electrons. The lowest BCUT2D eigenvalue weighted by atomic mass is 10.0. The van der Waals surface area contributed by atoms with E-state index in [1.165, 1.54) is 0 Å². The van der Waals surface area contributed by atoms with E-state index in [-0.39, 0.29) is 6.29 Å². The molecule has 0 bridgehead atoms. The molecule has 35 heavy (non-hydrogen) atoms. The molecule has 0 amide bonds. The molecule has 0 unspecified atom stereocenters. The van der Waals surface area contributed by atoms with Crippen molar-refractivity contribution in [1.29, 1.82) is 0 Å². The quantitative estimate of drug-likeness (QED) is 0.146. The Labute approximate surface area is 209 Å². The van der Waals surface area contributed by atoms with Crippen LogP contribution in [0.5, 0.6) is 0 Å². The SMILES string of the molecule is [CH2]CCCCCCC[C](OOC(=O)c1ccc(C(C)C)cc1)OOC(=O)c1ccc(C(C)C)cc1. The van der Waals surface area contributed by atoms with Gasteiger partial charge < -0.3 is 0 Å². The Kier molecular flexibility index (Phi) is 12.5. The van der Waals surface area contributed by atoms with Gasteiger partial charge in [-0.2, -0.15) is 0 Å². The highest BCUT2D eigenvalue weighted by Crippen LogP contribution is 2.21. The van der Waals surface area contributed by atoms with Gasteiger partial charge in [-0.1, -0.05) is 91.0 Å². The van der Waals surface area contributed by atoms with E-state index < -0.39 is 11.9 Å². The molecule has 0 atom stereocenters. The van der Waals surface area contributed by atoms with Gasteiger partial charge in [0.05, 0.1) is 11.1 Å². The Hall–Kier alpha value is -2.70. The van der Waals surface area contributed by atoms with Crippen LogP contribution in [0.2, 0.25) is 0 Å². The molecule has 0 saturated carbocycles. The van der Waals surface area contributed by atoms with Crippen LogP contribution in [0.1, 0.15) is 116 Å². The molecule has 0 saturated heterocycles. The number of carbonyl (C=O) groups excluding carboxylic acids is 2. The van der Waals surface area contributed by atoms with Gasteiger partial charge in [-0.25, -0.2) is 9.59 Å². The predicted octanol–water partition coefficient (Wildman–Crippen LogP) is 7.86. The van der Waals surface area contributed by atoms with E-state index in [0.29, 0.717) is 29.4 Å².